The van der Waals surface area contributed by atoms with Crippen LogP contribution in [0.5, 0.6) is 11.5 Å². The van der Waals surface area contributed by atoms with Crippen molar-refractivity contribution < 1.29 is 37.0 Å². The fourth-order valence-electron chi connectivity index (χ4n) is 4.04. The van der Waals surface area contributed by atoms with Crippen LogP contribution in [0.3, 0.4) is 0 Å². The van der Waals surface area contributed by atoms with Gasteiger partial charge in [0.25, 0.3) is 5.91 Å². The van der Waals surface area contributed by atoms with Crippen LogP contribution in [0.4, 0.5) is 13.2 Å². The first-order valence-corrected chi connectivity index (χ1v) is 10.9. The van der Waals surface area contributed by atoms with Crippen LogP contribution in [0.25, 0.3) is 0 Å². The number of carbonyl (C=O) groups is 2. The number of likely N-dealkylation sites (tertiary alicyclic amines) is 1. The molecule has 4 rings (SSSR count). The minimum atomic E-state index is -4.77. The summed E-state index contributed by atoms with van der Waals surface area (Å²) in [6, 6.07) is 10.2. The topological polar surface area (TPSA) is 91.1 Å². The monoisotopic (exact) mass is 528 g/mol. The Morgan fingerprint density at radius 1 is 1.15 bits per heavy atom. The molecule has 0 saturated carbocycles. The summed E-state index contributed by atoms with van der Waals surface area (Å²) < 4.78 is 53.3. The van der Waals surface area contributed by atoms with Gasteiger partial charge in [-0.05, 0) is 35.9 Å². The molecule has 2 aliphatic rings. The fourth-order valence-corrected chi connectivity index (χ4v) is 4.40. The van der Waals surface area contributed by atoms with Gasteiger partial charge >= 0.3 is 6.36 Å². The second-order valence-corrected chi connectivity index (χ2v) is 8.80. The molecule has 0 spiro atoms. The number of halogens is 4. The van der Waals surface area contributed by atoms with E-state index in [-0.39, 0.29) is 41.8 Å². The molecule has 0 radical (unpaired) electrons. The number of nitrogens with two attached hydrogens (primary N) is 1. The van der Waals surface area contributed by atoms with E-state index >= 15 is 0 Å². The molecule has 2 aromatic carbocycles. The Labute approximate surface area is 195 Å². The Balaban J connectivity index is 1.38. The molecule has 0 aromatic heterocycles. The lowest BCUT2D eigenvalue weighted by Gasteiger charge is -2.36. The third-order valence-electron chi connectivity index (χ3n) is 5.55. The van der Waals surface area contributed by atoms with Gasteiger partial charge in [0.2, 0.25) is 5.91 Å². The van der Waals surface area contributed by atoms with Crippen molar-refractivity contribution in [3.63, 3.8) is 0 Å². The van der Waals surface area contributed by atoms with E-state index in [0.717, 1.165) is 0 Å². The SMILES string of the molecule is NC(=O)c1cc(Br)ccc1OC1[C@@H]2CO[C@@H]1CN(C(=O)Cc1ccc(OC(F)(F)F)cc1)C2. The van der Waals surface area contributed by atoms with Crippen LogP contribution in [0.2, 0.25) is 0 Å². The van der Waals surface area contributed by atoms with Gasteiger partial charge in [-0.25, -0.2) is 0 Å². The van der Waals surface area contributed by atoms with Crippen molar-refractivity contribution in [3.8, 4) is 11.5 Å². The van der Waals surface area contributed by atoms with E-state index < -0.39 is 12.3 Å². The molecule has 2 fully saturated rings. The summed E-state index contributed by atoms with van der Waals surface area (Å²) in [5.74, 6) is -0.859. The fraction of sp³-hybridized carbons (Fsp3) is 0.364. The standard InChI is InChI=1S/C22H20BrF3N2O5/c23-14-3-6-17(16(8-14)21(27)30)32-20-13-9-28(10-18(20)31-11-13)19(29)7-12-1-4-15(5-2-12)33-22(24,25)26/h1-6,8,13,18,20H,7,9-11H2,(H2,27,30)/t13-,18+,20?/m0/s1. The van der Waals surface area contributed by atoms with Gasteiger partial charge in [0, 0.05) is 16.9 Å². The molecular weight excluding hydrogens is 509 g/mol. The lowest BCUT2D eigenvalue weighted by atomic mass is 9.95. The van der Waals surface area contributed by atoms with Gasteiger partial charge in [0.15, 0.2) is 0 Å². The van der Waals surface area contributed by atoms with Crippen LogP contribution < -0.4 is 15.2 Å². The molecule has 11 heteroatoms. The summed E-state index contributed by atoms with van der Waals surface area (Å²) in [4.78, 5) is 26.2. The van der Waals surface area contributed by atoms with Crippen LogP contribution in [0.1, 0.15) is 15.9 Å². The average Bonchev–Trinajstić information content (AvgIpc) is 2.96. The van der Waals surface area contributed by atoms with Gasteiger partial charge in [-0.2, -0.15) is 0 Å². The summed E-state index contributed by atoms with van der Waals surface area (Å²) in [6.45, 7) is 1.11. The molecule has 33 heavy (non-hydrogen) atoms. The summed E-state index contributed by atoms with van der Waals surface area (Å²) in [5, 5.41) is 0. The van der Waals surface area contributed by atoms with E-state index in [1.165, 1.54) is 24.3 Å². The Morgan fingerprint density at radius 2 is 1.88 bits per heavy atom. The molecule has 2 saturated heterocycles. The minimum absolute atomic E-state index is 0.0375. The van der Waals surface area contributed by atoms with Crippen LogP contribution in [0, 0.1) is 5.92 Å². The number of primary amides is 1. The maximum atomic E-state index is 12.8. The molecule has 176 valence electrons. The minimum Gasteiger partial charge on any atom is -0.486 e. The van der Waals surface area contributed by atoms with Crippen LogP contribution in [-0.2, 0) is 16.0 Å². The van der Waals surface area contributed by atoms with Gasteiger partial charge in [0.1, 0.15) is 23.7 Å². The Bertz CT molecular complexity index is 1030. The van der Waals surface area contributed by atoms with Gasteiger partial charge in [-0.15, -0.1) is 13.2 Å². The number of benzene rings is 2. The highest BCUT2D eigenvalue weighted by Gasteiger charge is 2.46. The molecule has 2 heterocycles. The number of hydrogen-bond acceptors (Lipinski definition) is 5. The molecule has 2 N–H and O–H groups in total. The molecule has 2 bridgehead atoms. The number of piperidine rings is 1. The number of carbonyl (C=O) groups excluding carboxylic acids is 2. The summed E-state index contributed by atoms with van der Waals surface area (Å²) in [7, 11) is 0. The van der Waals surface area contributed by atoms with Crippen molar-refractivity contribution in [2.45, 2.75) is 25.0 Å². The molecule has 1 unspecified atom stereocenters. The predicted octanol–water partition coefficient (Wildman–Crippen LogP) is 3.29. The highest BCUT2D eigenvalue weighted by molar-refractivity contribution is 9.10. The molecule has 2 amide bonds. The van der Waals surface area contributed by atoms with E-state index in [1.54, 1.807) is 23.1 Å². The number of ether oxygens (including phenoxy) is 3. The van der Waals surface area contributed by atoms with E-state index in [1.807, 2.05) is 0 Å². The molecular formula is C22H20BrF3N2O5. The van der Waals surface area contributed by atoms with Crippen LogP contribution in [0.15, 0.2) is 46.9 Å². The van der Waals surface area contributed by atoms with Crippen molar-refractivity contribution in [2.75, 3.05) is 19.7 Å². The van der Waals surface area contributed by atoms with Crippen LogP contribution in [-0.4, -0.2) is 55.0 Å². The maximum Gasteiger partial charge on any atom is 0.573 e. The number of alkyl halides is 3. The molecule has 2 aliphatic heterocycles. The number of nitrogens with zero attached hydrogens (tertiary/aromatic N) is 1. The van der Waals surface area contributed by atoms with Crippen molar-refractivity contribution in [3.05, 3.63) is 58.1 Å². The lowest BCUT2D eigenvalue weighted by Crippen LogP contribution is -2.52. The molecule has 0 aliphatic carbocycles. The number of amides is 2. The van der Waals surface area contributed by atoms with Crippen LogP contribution >= 0.6 is 15.9 Å². The largest absolute Gasteiger partial charge is 0.573 e. The first kappa shape index (κ1) is 23.4. The number of hydrogen-bond donors (Lipinski definition) is 1. The number of rotatable bonds is 6. The molecule has 2 aromatic rings. The second kappa shape index (κ2) is 9.22. The summed E-state index contributed by atoms with van der Waals surface area (Å²) in [5.41, 5.74) is 6.28. The molecule has 3 atom stereocenters. The van der Waals surface area contributed by atoms with Gasteiger partial charge in [-0.3, -0.25) is 9.59 Å². The molecule has 7 nitrogen and oxygen atoms in total. The van der Waals surface area contributed by atoms with E-state index in [0.29, 0.717) is 35.5 Å². The average molecular weight is 529 g/mol. The quantitative estimate of drug-likeness (QED) is 0.621. The predicted molar refractivity (Wildman–Crippen MR) is 114 cm³/mol. The van der Waals surface area contributed by atoms with Crippen molar-refractivity contribution in [1.29, 1.82) is 0 Å². The normalized spacial score (nSPS) is 22.2. The van der Waals surface area contributed by atoms with Gasteiger partial charge < -0.3 is 24.8 Å². The first-order chi connectivity index (χ1) is 15.6. The van der Waals surface area contributed by atoms with Gasteiger partial charge in [-0.1, -0.05) is 28.1 Å². The summed E-state index contributed by atoms with van der Waals surface area (Å²) in [6.07, 6.45) is -5.44. The third kappa shape index (κ3) is 5.59. The van der Waals surface area contributed by atoms with Crippen molar-refractivity contribution in [2.24, 2.45) is 11.7 Å². The van der Waals surface area contributed by atoms with E-state index in [2.05, 4.69) is 20.7 Å². The summed E-state index contributed by atoms with van der Waals surface area (Å²) >= 11 is 3.30. The smallest absolute Gasteiger partial charge is 0.486 e. The Kier molecular flexibility index (Phi) is 6.53. The third-order valence-corrected chi connectivity index (χ3v) is 6.04. The van der Waals surface area contributed by atoms with E-state index in [9.17, 15) is 22.8 Å². The second-order valence-electron chi connectivity index (χ2n) is 7.89. The number of fused-ring (bicyclic) bond motifs is 2. The highest BCUT2D eigenvalue weighted by atomic mass is 79.9. The van der Waals surface area contributed by atoms with Crippen molar-refractivity contribution in [1.82, 2.24) is 4.90 Å². The highest BCUT2D eigenvalue weighted by Crippen LogP contribution is 2.34. The zero-order valence-corrected chi connectivity index (χ0v) is 18.8. The zero-order chi connectivity index (χ0) is 23.8. The van der Waals surface area contributed by atoms with Gasteiger partial charge in [0.05, 0.1) is 25.1 Å². The Hall–Kier alpha value is -2.79. The van der Waals surface area contributed by atoms with Crippen molar-refractivity contribution >= 4 is 27.7 Å². The van der Waals surface area contributed by atoms with E-state index in [4.69, 9.17) is 15.2 Å². The zero-order valence-electron chi connectivity index (χ0n) is 17.2. The first-order valence-electron chi connectivity index (χ1n) is 10.1. The lowest BCUT2D eigenvalue weighted by molar-refractivity contribution is -0.274. The maximum absolute atomic E-state index is 12.8. The Morgan fingerprint density at radius 3 is 2.52 bits per heavy atom.